The van der Waals surface area contributed by atoms with Crippen molar-refractivity contribution in [2.24, 2.45) is 5.41 Å². The van der Waals surface area contributed by atoms with Gasteiger partial charge < -0.3 is 29.0 Å². The number of nitrogens with zero attached hydrogens (tertiary/aromatic N) is 3. The number of thioether (sulfide) groups is 1. The number of para-hydroxylation sites is 3. The molecule has 1 atom stereocenters. The third kappa shape index (κ3) is 11.3. The van der Waals surface area contributed by atoms with Gasteiger partial charge in [0.25, 0.3) is 0 Å². The third-order valence-corrected chi connectivity index (χ3v) is 22.3. The summed E-state index contributed by atoms with van der Waals surface area (Å²) in [7, 11) is 1.66. The molecule has 430 valence electrons. The largest absolute Gasteiger partial charge is 0.493 e. The molecule has 0 saturated carbocycles. The standard InChI is InChI=1S/C70H52N4O7S6/c1-4-61(75)78-32-31-71-68(76)81-39-70(40-82-69-74-54-25-9-14-30-60(54)87-69,37-79-62-41(2)33-42(66-72-52-23-7-12-28-58(52)85-66)34-50(62)48-21-15-19-46-44-17-5-10-26-56(44)83-64(46)48)38-80-63-51(49-22-16-20-47-45-18-6-11-27-57(45)84-65(47)49)35-43(36-55(63)77-3)67-73-53-24-8-13-29-59(53)86-67/h4-30,33-36H,1,31-32,37-40H2,2-3H3,(H,71,76). The number of aromatic nitrogens is 3. The van der Waals surface area contributed by atoms with E-state index in [2.05, 4.69) is 140 Å². The number of thiazole rings is 3. The van der Waals surface area contributed by atoms with Crippen LogP contribution in [0.25, 0.3) is 114 Å². The molecule has 5 heterocycles. The van der Waals surface area contributed by atoms with E-state index in [9.17, 15) is 9.59 Å². The van der Waals surface area contributed by atoms with E-state index in [1.807, 2.05) is 60.7 Å². The number of nitrogens with one attached hydrogen (secondary N) is 1. The summed E-state index contributed by atoms with van der Waals surface area (Å²) in [5, 5.41) is 9.15. The minimum atomic E-state index is -1.12. The number of fused-ring (bicyclic) bond motifs is 9. The lowest BCUT2D eigenvalue weighted by atomic mass is 9.92. The Morgan fingerprint density at radius 2 is 1.05 bits per heavy atom. The van der Waals surface area contributed by atoms with Crippen LogP contribution in [0.4, 0.5) is 4.79 Å². The summed E-state index contributed by atoms with van der Waals surface area (Å²) in [4.78, 5) is 41.3. The summed E-state index contributed by atoms with van der Waals surface area (Å²) >= 11 is 9.93. The van der Waals surface area contributed by atoms with Crippen molar-refractivity contribution in [2.45, 2.75) is 11.3 Å². The molecule has 9 aromatic carbocycles. The van der Waals surface area contributed by atoms with Crippen LogP contribution in [0.1, 0.15) is 5.56 Å². The van der Waals surface area contributed by atoms with Crippen molar-refractivity contribution in [2.75, 3.05) is 45.8 Å². The average molecular weight is 1250 g/mol. The number of aryl methyl sites for hydroxylation is 1. The lowest BCUT2D eigenvalue weighted by Gasteiger charge is -2.33. The maximum absolute atomic E-state index is 14.0. The summed E-state index contributed by atoms with van der Waals surface area (Å²) in [5.41, 5.74) is 8.04. The molecule has 0 fully saturated rings. The maximum atomic E-state index is 14.0. The van der Waals surface area contributed by atoms with Crippen LogP contribution in [0.5, 0.6) is 17.2 Å². The van der Waals surface area contributed by atoms with Gasteiger partial charge in [0.1, 0.15) is 42.2 Å². The first-order valence-electron chi connectivity index (χ1n) is 28.0. The Morgan fingerprint density at radius 1 is 0.540 bits per heavy atom. The molecule has 14 rings (SSSR count). The van der Waals surface area contributed by atoms with Gasteiger partial charge in [0.15, 0.2) is 15.8 Å². The number of amides is 1. The molecular weight excluding hydrogens is 1200 g/mol. The first-order chi connectivity index (χ1) is 42.7. The van der Waals surface area contributed by atoms with Crippen LogP contribution in [0.15, 0.2) is 199 Å². The van der Waals surface area contributed by atoms with Crippen molar-refractivity contribution in [1.82, 2.24) is 20.3 Å². The number of hydrogen-bond donors (Lipinski definition) is 1. The average Bonchev–Trinajstić information content (AvgIpc) is 2.56. The number of carbonyl (C=O) groups excluding carboxylic acids is 2. The van der Waals surface area contributed by atoms with Crippen molar-refractivity contribution in [3.05, 3.63) is 200 Å². The molecule has 0 saturated heterocycles. The van der Waals surface area contributed by atoms with E-state index in [1.165, 1.54) is 20.2 Å². The minimum absolute atomic E-state index is 0.0105. The van der Waals surface area contributed by atoms with Crippen molar-refractivity contribution in [3.8, 4) is 60.6 Å². The van der Waals surface area contributed by atoms with Crippen LogP contribution in [-0.2, 0) is 14.3 Å². The quantitative estimate of drug-likeness (QED) is 0.0339. The number of hydrogen-bond acceptors (Lipinski definition) is 16. The zero-order valence-corrected chi connectivity index (χ0v) is 51.9. The molecule has 0 spiro atoms. The number of benzene rings is 9. The number of ether oxygens (including phenoxy) is 5. The van der Waals surface area contributed by atoms with Crippen molar-refractivity contribution >= 4 is 152 Å². The molecule has 1 N–H and O–H groups in total. The summed E-state index contributed by atoms with van der Waals surface area (Å²) in [6, 6.07) is 62.8. The fraction of sp³-hybridized carbons (Fsp3) is 0.129. The van der Waals surface area contributed by atoms with Crippen LogP contribution < -0.4 is 19.5 Å². The lowest BCUT2D eigenvalue weighted by molar-refractivity contribution is -0.137. The fourth-order valence-corrected chi connectivity index (χ4v) is 17.5. The molecular formula is C70H52N4O7S6. The molecule has 1 amide bonds. The van der Waals surface area contributed by atoms with Crippen molar-refractivity contribution in [3.63, 3.8) is 0 Å². The van der Waals surface area contributed by atoms with Crippen LogP contribution in [0, 0.1) is 12.3 Å². The van der Waals surface area contributed by atoms with Gasteiger partial charge in [-0.3, -0.25) is 0 Å². The van der Waals surface area contributed by atoms with E-state index in [0.717, 1.165) is 110 Å². The molecule has 0 bridgehead atoms. The molecule has 5 aromatic heterocycles. The third-order valence-electron chi connectivity index (χ3n) is 15.1. The van der Waals surface area contributed by atoms with E-state index >= 15 is 0 Å². The predicted molar refractivity (Wildman–Crippen MR) is 362 cm³/mol. The Hall–Kier alpha value is -8.68. The SMILES string of the molecule is C=CC(=O)OCCNC(=O)OCC(COc1c(C)cc(-c2nc3ccccc3s2)cc1-c1cccc2c1sc1ccccc12)(COc1c(OC)cc(-c2nc3ccccc3s2)cc1-c1cccc2c1sc1ccccc12)CSc1nc2ccccc2s1. The van der Waals surface area contributed by atoms with Gasteiger partial charge in [-0.1, -0.05) is 128 Å². The van der Waals surface area contributed by atoms with E-state index < -0.39 is 17.5 Å². The molecule has 11 nitrogen and oxygen atoms in total. The van der Waals surface area contributed by atoms with Crippen LogP contribution in [0.2, 0.25) is 0 Å². The molecule has 17 heteroatoms. The minimum Gasteiger partial charge on any atom is -0.493 e. The monoisotopic (exact) mass is 1250 g/mol. The molecule has 0 aliphatic heterocycles. The second-order valence-electron chi connectivity index (χ2n) is 20.9. The first kappa shape index (κ1) is 56.1. The molecule has 14 aromatic rings. The van der Waals surface area contributed by atoms with Gasteiger partial charge in [-0.25, -0.2) is 24.5 Å². The number of methoxy groups -OCH3 is 1. The highest BCUT2D eigenvalue weighted by Crippen LogP contribution is 2.50. The maximum Gasteiger partial charge on any atom is 0.407 e. The second-order valence-corrected chi connectivity index (χ2v) is 27.4. The Balaban J connectivity index is 0.919. The van der Waals surface area contributed by atoms with E-state index in [1.54, 1.807) is 75.6 Å². The van der Waals surface area contributed by atoms with Crippen molar-refractivity contribution < 1.29 is 33.3 Å². The van der Waals surface area contributed by atoms with Gasteiger partial charge in [0, 0.05) is 85.6 Å². The Kier molecular flexibility index (Phi) is 15.6. The number of alkyl carbamates (subject to hydrolysis) is 1. The lowest BCUT2D eigenvalue weighted by Crippen LogP contribution is -2.44. The highest BCUT2D eigenvalue weighted by Gasteiger charge is 2.38. The zero-order valence-electron chi connectivity index (χ0n) is 47.0. The van der Waals surface area contributed by atoms with Crippen LogP contribution >= 0.6 is 68.4 Å². The van der Waals surface area contributed by atoms with E-state index in [4.69, 9.17) is 38.6 Å². The van der Waals surface area contributed by atoms with Gasteiger partial charge in [-0.2, -0.15) is 0 Å². The van der Waals surface area contributed by atoms with Gasteiger partial charge in [0.2, 0.25) is 0 Å². The summed E-state index contributed by atoms with van der Waals surface area (Å²) < 4.78 is 41.6. The van der Waals surface area contributed by atoms with Crippen molar-refractivity contribution in [1.29, 1.82) is 0 Å². The topological polar surface area (TPSA) is 131 Å². The van der Waals surface area contributed by atoms with Crippen LogP contribution in [-0.4, -0.2) is 72.8 Å². The summed E-state index contributed by atoms with van der Waals surface area (Å²) in [5.74, 6) is 1.41. The Bertz CT molecular complexity index is 4870. The number of carbonyl (C=O) groups is 2. The molecule has 0 aliphatic rings. The van der Waals surface area contributed by atoms with E-state index in [0.29, 0.717) is 23.0 Å². The highest BCUT2D eigenvalue weighted by molar-refractivity contribution is 8.01. The molecule has 1 unspecified atom stereocenters. The summed E-state index contributed by atoms with van der Waals surface area (Å²) in [6.45, 7) is 5.33. The van der Waals surface area contributed by atoms with Gasteiger partial charge >= 0.3 is 12.1 Å². The molecule has 0 aliphatic carbocycles. The number of esters is 1. The van der Waals surface area contributed by atoms with E-state index in [-0.39, 0.29) is 33.0 Å². The highest BCUT2D eigenvalue weighted by atomic mass is 32.2. The smallest absolute Gasteiger partial charge is 0.407 e. The van der Waals surface area contributed by atoms with Gasteiger partial charge in [-0.15, -0.1) is 56.7 Å². The molecule has 0 radical (unpaired) electrons. The van der Waals surface area contributed by atoms with Crippen LogP contribution in [0.3, 0.4) is 0 Å². The van der Waals surface area contributed by atoms with Gasteiger partial charge in [0.05, 0.1) is 49.7 Å². The normalized spacial score (nSPS) is 12.3. The second kappa shape index (κ2) is 24.2. The van der Waals surface area contributed by atoms with Gasteiger partial charge in [-0.05, 0) is 85.3 Å². The fourth-order valence-electron chi connectivity index (χ4n) is 10.9. The Labute approximate surface area is 524 Å². The number of rotatable bonds is 20. The number of thiophene rings is 2. The molecule has 87 heavy (non-hydrogen) atoms. The zero-order chi connectivity index (χ0) is 59.0. The summed E-state index contributed by atoms with van der Waals surface area (Å²) in [6.07, 6.45) is 0.375. The first-order valence-corrected chi connectivity index (χ1v) is 33.1. The predicted octanol–water partition coefficient (Wildman–Crippen LogP) is 18.9. The Morgan fingerprint density at radius 3 is 1.61 bits per heavy atom.